The number of nitrogen functional groups attached to an aromatic ring is 1. The van der Waals surface area contributed by atoms with Gasteiger partial charge in [0.15, 0.2) is 16.0 Å². The van der Waals surface area contributed by atoms with Crippen molar-refractivity contribution in [1.29, 1.82) is 0 Å². The summed E-state index contributed by atoms with van der Waals surface area (Å²) in [5.41, 5.74) is 6.95. The minimum atomic E-state index is -0.0150. The van der Waals surface area contributed by atoms with E-state index in [2.05, 4.69) is 33.4 Å². The van der Waals surface area contributed by atoms with Crippen LogP contribution in [0, 0.1) is 0 Å². The van der Waals surface area contributed by atoms with Crippen molar-refractivity contribution in [3.8, 4) is 0 Å². The number of nitrogens with two attached hydrogens (primary N) is 1. The van der Waals surface area contributed by atoms with Gasteiger partial charge in [0.05, 0.1) is 5.54 Å². The highest BCUT2D eigenvalue weighted by Crippen LogP contribution is 2.40. The van der Waals surface area contributed by atoms with Gasteiger partial charge in [-0.15, -0.1) is 0 Å². The minimum Gasteiger partial charge on any atom is -0.368 e. The molecule has 0 atom stereocenters. The first-order valence-electron chi connectivity index (χ1n) is 4.84. The maximum Gasteiger partial charge on any atom is 0.223 e. The van der Waals surface area contributed by atoms with Crippen molar-refractivity contribution < 1.29 is 0 Å². The molecule has 7 heteroatoms. The van der Waals surface area contributed by atoms with E-state index in [1.807, 2.05) is 0 Å². The summed E-state index contributed by atoms with van der Waals surface area (Å²) < 4.78 is 2.08. The first-order valence-corrected chi connectivity index (χ1v) is 6.20. The number of thioether (sulfide) groups is 1. The lowest BCUT2D eigenvalue weighted by Crippen LogP contribution is -2.24. The molecule has 0 saturated heterocycles. The largest absolute Gasteiger partial charge is 0.368 e. The lowest BCUT2D eigenvalue weighted by atomic mass is 10.1. The van der Waals surface area contributed by atoms with E-state index in [0.717, 1.165) is 16.6 Å². The van der Waals surface area contributed by atoms with E-state index in [-0.39, 0.29) is 11.5 Å². The molecule has 0 fully saturated rings. The van der Waals surface area contributed by atoms with Crippen LogP contribution in [0.2, 0.25) is 5.15 Å². The summed E-state index contributed by atoms with van der Waals surface area (Å²) in [6.45, 7) is 4.29. The van der Waals surface area contributed by atoms with Gasteiger partial charge in [0.25, 0.3) is 0 Å². The molecule has 3 rings (SSSR count). The Labute approximate surface area is 101 Å². The molecule has 1 aliphatic rings. The smallest absolute Gasteiger partial charge is 0.223 e. The zero-order valence-corrected chi connectivity index (χ0v) is 10.4. The van der Waals surface area contributed by atoms with Gasteiger partial charge in [-0.05, 0) is 13.8 Å². The van der Waals surface area contributed by atoms with Crippen LogP contribution in [0.15, 0.2) is 5.16 Å². The molecular weight excluding hydrogens is 246 g/mol. The van der Waals surface area contributed by atoms with Crippen LogP contribution >= 0.6 is 23.4 Å². The first kappa shape index (κ1) is 10.2. The molecule has 0 radical (unpaired) electrons. The van der Waals surface area contributed by atoms with Gasteiger partial charge >= 0.3 is 0 Å². The lowest BCUT2D eigenvalue weighted by Gasteiger charge is -2.19. The number of hydrogen-bond donors (Lipinski definition) is 1. The van der Waals surface area contributed by atoms with Crippen LogP contribution in [-0.4, -0.2) is 25.3 Å². The van der Waals surface area contributed by atoms with Crippen LogP contribution in [0.5, 0.6) is 0 Å². The third kappa shape index (κ3) is 1.23. The van der Waals surface area contributed by atoms with Crippen molar-refractivity contribution >= 4 is 40.5 Å². The molecule has 16 heavy (non-hydrogen) atoms. The van der Waals surface area contributed by atoms with Crippen molar-refractivity contribution in [2.24, 2.45) is 0 Å². The Morgan fingerprint density at radius 1 is 1.38 bits per heavy atom. The Morgan fingerprint density at radius 2 is 2.12 bits per heavy atom. The van der Waals surface area contributed by atoms with E-state index in [9.17, 15) is 0 Å². The molecule has 0 aliphatic carbocycles. The number of rotatable bonds is 0. The average Bonchev–Trinajstić information content (AvgIpc) is 2.66. The molecule has 5 nitrogen and oxygen atoms in total. The SMILES string of the molecule is CC1(C)CSc2nc3c(Cl)nc(N)nc3n21. The first-order chi connectivity index (χ1) is 7.49. The monoisotopic (exact) mass is 255 g/mol. The molecule has 0 unspecified atom stereocenters. The fourth-order valence-electron chi connectivity index (χ4n) is 1.87. The third-order valence-corrected chi connectivity index (χ3v) is 4.26. The molecular formula is C9H10ClN5S. The van der Waals surface area contributed by atoms with Crippen LogP contribution in [0.4, 0.5) is 5.95 Å². The fourth-order valence-corrected chi connectivity index (χ4v) is 3.31. The molecule has 2 N–H and O–H groups in total. The number of aromatic nitrogens is 4. The maximum absolute atomic E-state index is 6.01. The number of hydrogen-bond acceptors (Lipinski definition) is 5. The Bertz CT molecular complexity index is 591. The van der Waals surface area contributed by atoms with Crippen molar-refractivity contribution in [1.82, 2.24) is 19.5 Å². The standard InChI is InChI=1S/C9H10ClN5S/c1-9(2)3-16-8-12-4-5(10)13-7(11)14-6(4)15(8)9/h3H2,1-2H3,(H2,11,13,14). The molecule has 3 heterocycles. The zero-order chi connectivity index (χ0) is 11.5. The molecule has 0 saturated carbocycles. The van der Waals surface area contributed by atoms with Crippen LogP contribution in [-0.2, 0) is 5.54 Å². The van der Waals surface area contributed by atoms with Crippen LogP contribution in [0.3, 0.4) is 0 Å². The van der Waals surface area contributed by atoms with Crippen LogP contribution < -0.4 is 5.73 Å². The van der Waals surface area contributed by atoms with E-state index in [4.69, 9.17) is 17.3 Å². The Balaban J connectivity index is 2.43. The van der Waals surface area contributed by atoms with E-state index in [1.165, 1.54) is 0 Å². The molecule has 0 amide bonds. The van der Waals surface area contributed by atoms with E-state index in [0.29, 0.717) is 10.7 Å². The second kappa shape index (κ2) is 3.01. The van der Waals surface area contributed by atoms with Gasteiger partial charge in [0.1, 0.15) is 5.52 Å². The summed E-state index contributed by atoms with van der Waals surface area (Å²) in [6.07, 6.45) is 0. The fraction of sp³-hybridized carbons (Fsp3) is 0.444. The van der Waals surface area contributed by atoms with Crippen LogP contribution in [0.1, 0.15) is 13.8 Å². The minimum absolute atomic E-state index is 0.0150. The molecule has 0 aromatic carbocycles. The second-order valence-electron chi connectivity index (χ2n) is 4.38. The number of anilines is 1. The number of fused-ring (bicyclic) bond motifs is 3. The second-order valence-corrected chi connectivity index (χ2v) is 5.68. The number of nitrogens with zero attached hydrogens (tertiary/aromatic N) is 4. The van der Waals surface area contributed by atoms with E-state index >= 15 is 0 Å². The molecule has 2 aromatic rings. The Morgan fingerprint density at radius 3 is 2.88 bits per heavy atom. The van der Waals surface area contributed by atoms with Crippen molar-refractivity contribution in [3.05, 3.63) is 5.15 Å². The molecule has 1 aliphatic heterocycles. The van der Waals surface area contributed by atoms with Gasteiger partial charge in [-0.1, -0.05) is 23.4 Å². The average molecular weight is 256 g/mol. The maximum atomic E-state index is 6.01. The van der Waals surface area contributed by atoms with Gasteiger partial charge in [-0.3, -0.25) is 4.57 Å². The summed E-state index contributed by atoms with van der Waals surface area (Å²) in [6, 6.07) is 0. The molecule has 2 aromatic heterocycles. The van der Waals surface area contributed by atoms with Gasteiger partial charge in [-0.2, -0.15) is 9.97 Å². The topological polar surface area (TPSA) is 69.6 Å². The van der Waals surface area contributed by atoms with Crippen LogP contribution in [0.25, 0.3) is 11.2 Å². The predicted octanol–water partition coefficient (Wildman–Crippen LogP) is 1.90. The van der Waals surface area contributed by atoms with Crippen molar-refractivity contribution in [3.63, 3.8) is 0 Å². The van der Waals surface area contributed by atoms with Gasteiger partial charge in [-0.25, -0.2) is 4.98 Å². The summed E-state index contributed by atoms with van der Waals surface area (Å²) in [5, 5.41) is 1.25. The quantitative estimate of drug-likeness (QED) is 0.728. The summed E-state index contributed by atoms with van der Waals surface area (Å²) in [5.74, 6) is 1.17. The lowest BCUT2D eigenvalue weighted by molar-refractivity contribution is 0.404. The van der Waals surface area contributed by atoms with Gasteiger partial charge < -0.3 is 5.73 Å². The Hall–Kier alpha value is -1.01. The predicted molar refractivity (Wildman–Crippen MR) is 64.8 cm³/mol. The van der Waals surface area contributed by atoms with Crippen molar-refractivity contribution in [2.45, 2.75) is 24.5 Å². The summed E-state index contributed by atoms with van der Waals surface area (Å²) in [7, 11) is 0. The number of halogens is 1. The zero-order valence-electron chi connectivity index (χ0n) is 8.86. The van der Waals surface area contributed by atoms with Crippen molar-refractivity contribution in [2.75, 3.05) is 11.5 Å². The molecule has 0 spiro atoms. The molecule has 0 bridgehead atoms. The highest BCUT2D eigenvalue weighted by atomic mass is 35.5. The summed E-state index contributed by atoms with van der Waals surface area (Å²) >= 11 is 7.71. The highest BCUT2D eigenvalue weighted by Gasteiger charge is 2.34. The molecule has 84 valence electrons. The highest BCUT2D eigenvalue weighted by molar-refractivity contribution is 7.99. The number of imidazole rings is 1. The van der Waals surface area contributed by atoms with E-state index < -0.39 is 0 Å². The third-order valence-electron chi connectivity index (χ3n) is 2.61. The normalized spacial score (nSPS) is 17.9. The van der Waals surface area contributed by atoms with Gasteiger partial charge in [0.2, 0.25) is 5.95 Å². The van der Waals surface area contributed by atoms with Gasteiger partial charge in [0, 0.05) is 5.75 Å². The Kier molecular flexibility index (Phi) is 1.91. The summed E-state index contributed by atoms with van der Waals surface area (Å²) in [4.78, 5) is 12.6. The van der Waals surface area contributed by atoms with E-state index in [1.54, 1.807) is 11.8 Å².